The Balaban J connectivity index is 1.67. The van der Waals surface area contributed by atoms with Crippen molar-refractivity contribution in [2.24, 2.45) is 5.92 Å². The lowest BCUT2D eigenvalue weighted by molar-refractivity contribution is -0.130. The highest BCUT2D eigenvalue weighted by molar-refractivity contribution is 6.23. The maximum absolute atomic E-state index is 16.0. The predicted octanol–water partition coefficient (Wildman–Crippen LogP) is 4.02. The molecule has 1 aromatic carbocycles. The molecule has 1 aliphatic heterocycles. The van der Waals surface area contributed by atoms with Crippen LogP contribution in [0.25, 0.3) is 0 Å². The molecule has 0 unspecified atom stereocenters. The minimum Gasteiger partial charge on any atom is -0.344 e. The van der Waals surface area contributed by atoms with E-state index in [1.165, 1.54) is 12.1 Å². The number of fused-ring (bicyclic) bond motifs is 1. The van der Waals surface area contributed by atoms with Gasteiger partial charge in [0.05, 0.1) is 22.4 Å². The third-order valence-electron chi connectivity index (χ3n) is 6.52. The van der Waals surface area contributed by atoms with Gasteiger partial charge in [-0.1, -0.05) is 37.5 Å². The fraction of sp³-hybridized carbons (Fsp3) is 0.440. The number of pyridine rings is 1. The molecule has 1 fully saturated rings. The first-order valence-corrected chi connectivity index (χ1v) is 11.2. The molecule has 2 aliphatic rings. The topological polar surface area (TPSA) is 79.4 Å². The predicted molar refractivity (Wildman–Crippen MR) is 118 cm³/mol. The van der Waals surface area contributed by atoms with E-state index in [9.17, 15) is 14.4 Å². The van der Waals surface area contributed by atoms with Crippen molar-refractivity contribution in [3.8, 4) is 0 Å². The number of carbonyl (C=O) groups is 3. The number of aromatic nitrogens is 1. The van der Waals surface area contributed by atoms with Crippen LogP contribution in [0.3, 0.4) is 0 Å². The van der Waals surface area contributed by atoms with Gasteiger partial charge < -0.3 is 5.32 Å². The molecular weight excluding hydrogens is 409 g/mol. The van der Waals surface area contributed by atoms with E-state index in [4.69, 9.17) is 0 Å². The van der Waals surface area contributed by atoms with Crippen molar-refractivity contribution < 1.29 is 18.8 Å². The monoisotopic (exact) mass is 437 g/mol. The number of carbonyl (C=O) groups excluding carboxylic acids is 3. The lowest BCUT2D eigenvalue weighted by Crippen LogP contribution is -2.59. The Kier molecular flexibility index (Phi) is 6.09. The van der Waals surface area contributed by atoms with Gasteiger partial charge in [0.15, 0.2) is 6.04 Å². The number of imide groups is 1. The molecule has 4 rings (SSSR count). The Morgan fingerprint density at radius 1 is 1.03 bits per heavy atom. The van der Waals surface area contributed by atoms with Crippen LogP contribution in [-0.2, 0) is 10.3 Å². The summed E-state index contributed by atoms with van der Waals surface area (Å²) in [7, 11) is 0. The number of hydrogen-bond donors (Lipinski definition) is 1. The zero-order valence-electron chi connectivity index (χ0n) is 18.4. The quantitative estimate of drug-likeness (QED) is 0.693. The number of halogens is 1. The number of alkyl halides is 1. The number of nitrogens with one attached hydrogen (secondary N) is 1. The fourth-order valence-corrected chi connectivity index (χ4v) is 4.75. The third-order valence-corrected chi connectivity index (χ3v) is 6.52. The lowest BCUT2D eigenvalue weighted by Gasteiger charge is -2.36. The summed E-state index contributed by atoms with van der Waals surface area (Å²) in [6, 6.07) is 10.2. The maximum Gasteiger partial charge on any atom is 0.262 e. The highest BCUT2D eigenvalue weighted by atomic mass is 19.1. The van der Waals surface area contributed by atoms with Crippen molar-refractivity contribution >= 4 is 17.7 Å². The normalized spacial score (nSPS) is 18.9. The first-order chi connectivity index (χ1) is 15.3. The molecule has 168 valence electrons. The summed E-state index contributed by atoms with van der Waals surface area (Å²) in [5.41, 5.74) is 0.0921. The molecule has 2 aromatic rings. The SMILES string of the molecule is CC(C)(NC(=O)[C@H]([C@@H](F)C1CCCCC1)N1C(=O)c2ccccc2C1=O)c1ccccn1. The van der Waals surface area contributed by atoms with E-state index in [0.29, 0.717) is 18.5 Å². The average molecular weight is 438 g/mol. The molecule has 2 atom stereocenters. The Morgan fingerprint density at radius 2 is 1.62 bits per heavy atom. The molecule has 32 heavy (non-hydrogen) atoms. The molecule has 1 saturated carbocycles. The van der Waals surface area contributed by atoms with Crippen molar-refractivity contribution in [3.05, 3.63) is 65.5 Å². The molecule has 2 heterocycles. The fourth-order valence-electron chi connectivity index (χ4n) is 4.75. The van der Waals surface area contributed by atoms with Crippen LogP contribution in [0.1, 0.15) is 72.4 Å². The Hall–Kier alpha value is -3.09. The third kappa shape index (κ3) is 4.04. The number of amides is 3. The molecule has 1 aromatic heterocycles. The summed E-state index contributed by atoms with van der Waals surface area (Å²) < 4.78 is 16.0. The second kappa shape index (κ2) is 8.81. The van der Waals surface area contributed by atoms with E-state index < -0.39 is 35.5 Å². The van der Waals surface area contributed by atoms with Gasteiger partial charge in [-0.05, 0) is 56.9 Å². The molecule has 0 spiro atoms. The van der Waals surface area contributed by atoms with Crippen LogP contribution in [-0.4, -0.2) is 39.8 Å². The molecule has 0 bridgehead atoms. The van der Waals surface area contributed by atoms with Gasteiger partial charge in [-0.2, -0.15) is 0 Å². The Labute approximate surface area is 187 Å². The van der Waals surface area contributed by atoms with Crippen LogP contribution in [0.2, 0.25) is 0 Å². The van der Waals surface area contributed by atoms with Gasteiger partial charge >= 0.3 is 0 Å². The van der Waals surface area contributed by atoms with E-state index in [1.54, 1.807) is 50.4 Å². The highest BCUT2D eigenvalue weighted by Crippen LogP contribution is 2.34. The van der Waals surface area contributed by atoms with Crippen LogP contribution in [0.15, 0.2) is 48.7 Å². The van der Waals surface area contributed by atoms with Crippen LogP contribution in [0.4, 0.5) is 4.39 Å². The van der Waals surface area contributed by atoms with Crippen molar-refractivity contribution in [1.29, 1.82) is 0 Å². The minimum absolute atomic E-state index is 0.204. The second-order valence-electron chi connectivity index (χ2n) is 9.14. The zero-order chi connectivity index (χ0) is 22.9. The second-order valence-corrected chi connectivity index (χ2v) is 9.14. The first kappa shape index (κ1) is 22.1. The molecule has 7 heteroatoms. The summed E-state index contributed by atoms with van der Waals surface area (Å²) >= 11 is 0. The first-order valence-electron chi connectivity index (χ1n) is 11.2. The summed E-state index contributed by atoms with van der Waals surface area (Å²) in [6.07, 6.45) is 4.03. The molecular formula is C25H28FN3O3. The summed E-state index contributed by atoms with van der Waals surface area (Å²) in [5.74, 6) is -2.31. The number of rotatable bonds is 6. The Morgan fingerprint density at radius 3 is 2.19 bits per heavy atom. The van der Waals surface area contributed by atoms with Gasteiger partial charge in [-0.25, -0.2) is 4.39 Å². The summed E-state index contributed by atoms with van der Waals surface area (Å²) in [6.45, 7) is 3.53. The molecule has 0 saturated heterocycles. The van der Waals surface area contributed by atoms with Gasteiger partial charge in [0.1, 0.15) is 6.17 Å². The molecule has 1 aliphatic carbocycles. The standard InChI is InChI=1S/C25H28FN3O3/c1-25(2,19-14-8-9-15-27-19)28-22(30)21(20(26)16-10-4-3-5-11-16)29-23(31)17-12-6-7-13-18(17)24(29)32/h6-9,12-16,20-21H,3-5,10-11H2,1-2H3,(H,28,30)/t20-,21-/m0/s1. The van der Waals surface area contributed by atoms with Crippen LogP contribution in [0.5, 0.6) is 0 Å². The molecule has 0 radical (unpaired) electrons. The smallest absolute Gasteiger partial charge is 0.262 e. The summed E-state index contributed by atoms with van der Waals surface area (Å²) in [5, 5.41) is 2.85. The number of benzene rings is 1. The van der Waals surface area contributed by atoms with Gasteiger partial charge in [0.25, 0.3) is 11.8 Å². The highest BCUT2D eigenvalue weighted by Gasteiger charge is 2.49. The van der Waals surface area contributed by atoms with Crippen molar-refractivity contribution in [1.82, 2.24) is 15.2 Å². The van der Waals surface area contributed by atoms with Crippen molar-refractivity contribution in [2.45, 2.75) is 63.7 Å². The summed E-state index contributed by atoms with van der Waals surface area (Å²) in [4.78, 5) is 44.9. The molecule has 6 nitrogen and oxygen atoms in total. The van der Waals surface area contributed by atoms with Crippen LogP contribution < -0.4 is 5.32 Å². The maximum atomic E-state index is 16.0. The van der Waals surface area contributed by atoms with E-state index in [1.807, 2.05) is 0 Å². The van der Waals surface area contributed by atoms with Crippen molar-refractivity contribution in [2.75, 3.05) is 0 Å². The molecule has 3 amide bonds. The Bertz CT molecular complexity index is 983. The average Bonchev–Trinajstić information content (AvgIpc) is 3.05. The minimum atomic E-state index is -1.64. The van der Waals surface area contributed by atoms with Crippen LogP contribution >= 0.6 is 0 Å². The largest absolute Gasteiger partial charge is 0.344 e. The van der Waals surface area contributed by atoms with Crippen LogP contribution in [0, 0.1) is 5.92 Å². The van der Waals surface area contributed by atoms with Gasteiger partial charge in [-0.3, -0.25) is 24.3 Å². The van der Waals surface area contributed by atoms with E-state index in [-0.39, 0.29) is 17.0 Å². The lowest BCUT2D eigenvalue weighted by atomic mass is 9.82. The van der Waals surface area contributed by atoms with Gasteiger partial charge in [0.2, 0.25) is 5.91 Å². The number of hydrogen-bond acceptors (Lipinski definition) is 4. The van der Waals surface area contributed by atoms with E-state index in [0.717, 1.165) is 24.2 Å². The number of nitrogens with zero attached hydrogens (tertiary/aromatic N) is 2. The zero-order valence-corrected chi connectivity index (χ0v) is 18.4. The molecule has 1 N–H and O–H groups in total. The van der Waals surface area contributed by atoms with E-state index in [2.05, 4.69) is 10.3 Å². The van der Waals surface area contributed by atoms with Gasteiger partial charge in [-0.15, -0.1) is 0 Å². The van der Waals surface area contributed by atoms with Crippen molar-refractivity contribution in [3.63, 3.8) is 0 Å². The van der Waals surface area contributed by atoms with E-state index >= 15 is 4.39 Å². The van der Waals surface area contributed by atoms with Gasteiger partial charge in [0, 0.05) is 6.20 Å².